The van der Waals surface area contributed by atoms with Gasteiger partial charge in [0, 0.05) is 25.3 Å². The number of nitrogens with one attached hydrogen (secondary N) is 2. The molecule has 25 heavy (non-hydrogen) atoms. The fraction of sp³-hybridized carbons (Fsp3) is 0.556. The lowest BCUT2D eigenvalue weighted by Gasteiger charge is -2.34. The Bertz CT molecular complexity index is 640. The molecular formula is C18H24FN3O2S. The van der Waals surface area contributed by atoms with Crippen molar-refractivity contribution in [3.05, 3.63) is 35.6 Å². The van der Waals surface area contributed by atoms with E-state index in [0.717, 1.165) is 25.1 Å². The molecule has 2 N–H and O–H groups in total. The first kappa shape index (κ1) is 18.2. The number of carbonyl (C=O) groups excluding carboxylic acids is 2. The summed E-state index contributed by atoms with van der Waals surface area (Å²) in [5, 5.41) is 6.16. The maximum Gasteiger partial charge on any atom is 0.243 e. The molecule has 3 rings (SSSR count). The predicted molar refractivity (Wildman–Crippen MR) is 96.6 cm³/mol. The smallest absolute Gasteiger partial charge is 0.243 e. The third-order valence-electron chi connectivity index (χ3n) is 4.75. The molecule has 2 unspecified atom stereocenters. The molecule has 2 atom stereocenters. The van der Waals surface area contributed by atoms with Crippen LogP contribution in [0.25, 0.3) is 0 Å². The second kappa shape index (κ2) is 7.74. The molecule has 136 valence electrons. The number of nitrogens with zero attached hydrogens (tertiary/aromatic N) is 1. The molecule has 2 fully saturated rings. The van der Waals surface area contributed by atoms with Gasteiger partial charge in [0.1, 0.15) is 16.7 Å². The van der Waals surface area contributed by atoms with Crippen LogP contribution in [0.15, 0.2) is 24.3 Å². The molecule has 2 aliphatic heterocycles. The summed E-state index contributed by atoms with van der Waals surface area (Å²) in [5.74, 6) is 0.161. The van der Waals surface area contributed by atoms with Crippen molar-refractivity contribution in [1.82, 2.24) is 15.5 Å². The summed E-state index contributed by atoms with van der Waals surface area (Å²) in [6.07, 6.45) is 2.13. The summed E-state index contributed by atoms with van der Waals surface area (Å²) in [7, 11) is 0. The molecule has 1 aromatic rings. The zero-order valence-electron chi connectivity index (χ0n) is 14.4. The number of amides is 2. The van der Waals surface area contributed by atoms with Crippen molar-refractivity contribution in [2.24, 2.45) is 0 Å². The topological polar surface area (TPSA) is 61.4 Å². The van der Waals surface area contributed by atoms with Crippen LogP contribution in [0.2, 0.25) is 0 Å². The van der Waals surface area contributed by atoms with Crippen LogP contribution in [0.5, 0.6) is 0 Å². The second-order valence-corrected chi connectivity index (χ2v) is 7.72. The average Bonchev–Trinajstić information content (AvgIpc) is 3.15. The Labute approximate surface area is 151 Å². The first-order valence-electron chi connectivity index (χ1n) is 8.79. The Morgan fingerprint density at radius 3 is 2.80 bits per heavy atom. The van der Waals surface area contributed by atoms with Crippen LogP contribution in [-0.4, -0.2) is 48.1 Å². The Kier molecular flexibility index (Phi) is 5.64. The second-order valence-electron chi connectivity index (χ2n) is 6.42. The van der Waals surface area contributed by atoms with E-state index < -0.39 is 10.9 Å². The third kappa shape index (κ3) is 3.53. The van der Waals surface area contributed by atoms with E-state index in [-0.39, 0.29) is 17.6 Å². The highest BCUT2D eigenvalue weighted by Crippen LogP contribution is 2.54. The minimum absolute atomic E-state index is 0.00131. The number of thioether (sulfide) groups is 1. The van der Waals surface area contributed by atoms with E-state index in [1.807, 2.05) is 0 Å². The van der Waals surface area contributed by atoms with Gasteiger partial charge >= 0.3 is 0 Å². The third-order valence-corrected chi connectivity index (χ3v) is 6.35. The normalized spacial score (nSPS) is 25.3. The van der Waals surface area contributed by atoms with Crippen molar-refractivity contribution < 1.29 is 14.0 Å². The van der Waals surface area contributed by atoms with Gasteiger partial charge in [0.15, 0.2) is 0 Å². The number of fused-ring (bicyclic) bond motifs is 1. The summed E-state index contributed by atoms with van der Waals surface area (Å²) in [6, 6.07) is 5.82. The molecule has 0 radical (unpaired) electrons. The van der Waals surface area contributed by atoms with Gasteiger partial charge in [0.2, 0.25) is 11.8 Å². The molecular weight excluding hydrogens is 341 g/mol. The monoisotopic (exact) mass is 365 g/mol. The SMILES string of the molecule is CCCNCCNC(=O)C1CSC2(c3ccc(F)cc3)CCC(=O)N12. The minimum Gasteiger partial charge on any atom is -0.353 e. The fourth-order valence-corrected chi connectivity index (χ4v) is 5.19. The molecule has 7 heteroatoms. The maximum atomic E-state index is 13.3. The Hall–Kier alpha value is -1.60. The van der Waals surface area contributed by atoms with Gasteiger partial charge in [-0.15, -0.1) is 11.8 Å². The van der Waals surface area contributed by atoms with Crippen LogP contribution in [0, 0.1) is 5.82 Å². The quantitative estimate of drug-likeness (QED) is 0.724. The van der Waals surface area contributed by atoms with Crippen molar-refractivity contribution in [1.29, 1.82) is 0 Å². The van der Waals surface area contributed by atoms with Crippen molar-refractivity contribution >= 4 is 23.6 Å². The highest BCUT2D eigenvalue weighted by molar-refractivity contribution is 8.00. The maximum absolute atomic E-state index is 13.3. The minimum atomic E-state index is -0.534. The molecule has 1 aromatic carbocycles. The largest absolute Gasteiger partial charge is 0.353 e. The Morgan fingerprint density at radius 1 is 1.32 bits per heavy atom. The molecule has 0 saturated carbocycles. The number of benzene rings is 1. The van der Waals surface area contributed by atoms with E-state index in [1.165, 1.54) is 12.1 Å². The van der Waals surface area contributed by atoms with E-state index in [2.05, 4.69) is 17.6 Å². The molecule has 2 aliphatic rings. The van der Waals surface area contributed by atoms with Gasteiger partial charge in [-0.05, 0) is 37.1 Å². The fourth-order valence-electron chi connectivity index (χ4n) is 3.54. The number of hydrogen-bond donors (Lipinski definition) is 2. The molecule has 2 saturated heterocycles. The summed E-state index contributed by atoms with van der Waals surface area (Å²) in [4.78, 5) is 26.3. The van der Waals surface area contributed by atoms with Gasteiger partial charge in [0.25, 0.3) is 0 Å². The van der Waals surface area contributed by atoms with Crippen molar-refractivity contribution in [2.75, 3.05) is 25.4 Å². The molecule has 0 aliphatic carbocycles. The molecule has 0 spiro atoms. The van der Waals surface area contributed by atoms with Gasteiger partial charge in [-0.25, -0.2) is 4.39 Å². The van der Waals surface area contributed by atoms with E-state index >= 15 is 0 Å². The first-order chi connectivity index (χ1) is 12.1. The Morgan fingerprint density at radius 2 is 2.08 bits per heavy atom. The lowest BCUT2D eigenvalue weighted by atomic mass is 10.0. The van der Waals surface area contributed by atoms with Gasteiger partial charge < -0.3 is 15.5 Å². The summed E-state index contributed by atoms with van der Waals surface area (Å²) in [5.41, 5.74) is 0.893. The highest BCUT2D eigenvalue weighted by atomic mass is 32.2. The van der Waals surface area contributed by atoms with Gasteiger partial charge in [-0.2, -0.15) is 0 Å². The van der Waals surface area contributed by atoms with Crippen molar-refractivity contribution in [3.63, 3.8) is 0 Å². The molecule has 0 aromatic heterocycles. The van der Waals surface area contributed by atoms with E-state index in [0.29, 0.717) is 25.1 Å². The average molecular weight is 365 g/mol. The highest BCUT2D eigenvalue weighted by Gasteiger charge is 2.56. The predicted octanol–water partition coefficient (Wildman–Crippen LogP) is 1.83. The van der Waals surface area contributed by atoms with Gasteiger partial charge in [0.05, 0.1) is 0 Å². The van der Waals surface area contributed by atoms with Crippen LogP contribution in [0.4, 0.5) is 4.39 Å². The van der Waals surface area contributed by atoms with E-state index in [9.17, 15) is 14.0 Å². The number of hydrogen-bond acceptors (Lipinski definition) is 4. The molecule has 2 heterocycles. The summed E-state index contributed by atoms with van der Waals surface area (Å²) < 4.78 is 13.3. The van der Waals surface area contributed by atoms with Crippen LogP contribution < -0.4 is 10.6 Å². The summed E-state index contributed by atoms with van der Waals surface area (Å²) in [6.45, 7) is 4.28. The molecule has 5 nitrogen and oxygen atoms in total. The summed E-state index contributed by atoms with van der Waals surface area (Å²) >= 11 is 1.61. The number of halogens is 1. The lowest BCUT2D eigenvalue weighted by molar-refractivity contribution is -0.138. The number of carbonyl (C=O) groups is 2. The van der Waals surface area contributed by atoms with E-state index in [1.54, 1.807) is 28.8 Å². The number of rotatable bonds is 7. The molecule has 0 bridgehead atoms. The van der Waals surface area contributed by atoms with Gasteiger partial charge in [-0.3, -0.25) is 9.59 Å². The zero-order chi connectivity index (χ0) is 17.9. The van der Waals surface area contributed by atoms with Crippen LogP contribution in [0.3, 0.4) is 0 Å². The standard InChI is InChI=1S/C18H24FN3O2S/c1-2-9-20-10-11-21-17(24)15-12-25-18(8-7-16(23)22(15)18)13-3-5-14(19)6-4-13/h3-6,15,20H,2,7-12H2,1H3,(H,21,24). The van der Waals surface area contributed by atoms with Crippen molar-refractivity contribution in [2.45, 2.75) is 37.1 Å². The Balaban J connectivity index is 1.70. The van der Waals surface area contributed by atoms with E-state index in [4.69, 9.17) is 0 Å². The van der Waals surface area contributed by atoms with Crippen LogP contribution >= 0.6 is 11.8 Å². The van der Waals surface area contributed by atoms with Crippen LogP contribution in [-0.2, 0) is 14.5 Å². The molecule has 2 amide bonds. The first-order valence-corrected chi connectivity index (χ1v) is 9.77. The van der Waals surface area contributed by atoms with Crippen molar-refractivity contribution in [3.8, 4) is 0 Å². The van der Waals surface area contributed by atoms with Gasteiger partial charge in [-0.1, -0.05) is 19.1 Å². The lowest BCUT2D eigenvalue weighted by Crippen LogP contribution is -2.50. The van der Waals surface area contributed by atoms with Crippen LogP contribution in [0.1, 0.15) is 31.7 Å². The zero-order valence-corrected chi connectivity index (χ0v) is 15.2.